The Morgan fingerprint density at radius 3 is 2.92 bits per heavy atom. The number of rotatable bonds is 1. The Morgan fingerprint density at radius 1 is 1.50 bits per heavy atom. The van der Waals surface area contributed by atoms with E-state index < -0.39 is 5.97 Å². The van der Waals surface area contributed by atoms with E-state index in [1.807, 2.05) is 0 Å². The molecule has 0 spiro atoms. The van der Waals surface area contributed by atoms with Gasteiger partial charge in [0.1, 0.15) is 5.00 Å². The summed E-state index contributed by atoms with van der Waals surface area (Å²) in [5.41, 5.74) is 6.85. The van der Waals surface area contributed by atoms with Crippen LogP contribution in [0.4, 0.5) is 5.00 Å². The van der Waals surface area contributed by atoms with E-state index in [1.54, 1.807) is 11.8 Å². The molecule has 0 saturated heterocycles. The summed E-state index contributed by atoms with van der Waals surface area (Å²) in [6.07, 6.45) is 0. The zero-order valence-electron chi connectivity index (χ0n) is 6.16. The van der Waals surface area contributed by atoms with Crippen molar-refractivity contribution in [2.75, 3.05) is 5.73 Å². The van der Waals surface area contributed by atoms with Gasteiger partial charge in [0.05, 0.1) is 5.56 Å². The topological polar surface area (TPSA) is 63.3 Å². The Morgan fingerprint density at radius 2 is 2.25 bits per heavy atom. The highest BCUT2D eigenvalue weighted by molar-refractivity contribution is 7.98. The second-order valence-electron chi connectivity index (χ2n) is 2.54. The summed E-state index contributed by atoms with van der Waals surface area (Å²) in [5, 5.41) is 9.29. The number of hydrogen-bond acceptors (Lipinski definition) is 4. The molecule has 3 N–H and O–H groups in total. The lowest BCUT2D eigenvalue weighted by molar-refractivity contribution is 0.0697. The zero-order chi connectivity index (χ0) is 8.72. The number of carbonyl (C=O) groups is 1. The average Bonchev–Trinajstić information content (AvgIpc) is 2.44. The maximum absolute atomic E-state index is 10.8. The lowest BCUT2D eigenvalue weighted by Crippen LogP contribution is -2.01. The molecule has 0 atom stereocenters. The minimum Gasteiger partial charge on any atom is -0.478 e. The lowest BCUT2D eigenvalue weighted by atomic mass is 10.2. The Bertz CT molecular complexity index is 345. The molecule has 2 rings (SSSR count). The molecule has 0 bridgehead atoms. The number of anilines is 1. The summed E-state index contributed by atoms with van der Waals surface area (Å²) in [5.74, 6) is 0.815. The number of hydrogen-bond donors (Lipinski definition) is 2. The number of aromatic carboxylic acids is 1. The van der Waals surface area contributed by atoms with Crippen LogP contribution in [0.3, 0.4) is 0 Å². The minimum atomic E-state index is -0.896. The summed E-state index contributed by atoms with van der Waals surface area (Å²) in [7, 11) is 0. The first-order chi connectivity index (χ1) is 5.70. The molecule has 1 aromatic heterocycles. The van der Waals surface area contributed by atoms with E-state index in [0.717, 1.165) is 21.9 Å². The van der Waals surface area contributed by atoms with E-state index in [4.69, 9.17) is 10.8 Å². The van der Waals surface area contributed by atoms with Crippen LogP contribution >= 0.6 is 23.1 Å². The number of nitrogens with two attached hydrogens (primary N) is 1. The third kappa shape index (κ3) is 1.01. The largest absolute Gasteiger partial charge is 0.478 e. The zero-order valence-corrected chi connectivity index (χ0v) is 7.80. The first kappa shape index (κ1) is 7.94. The van der Waals surface area contributed by atoms with E-state index in [2.05, 4.69) is 0 Å². The summed E-state index contributed by atoms with van der Waals surface area (Å²) < 4.78 is 0. The molecule has 0 radical (unpaired) electrons. The first-order valence-corrected chi connectivity index (χ1v) is 5.38. The molecule has 1 aliphatic rings. The van der Waals surface area contributed by atoms with Gasteiger partial charge in [-0.05, 0) is 5.56 Å². The van der Waals surface area contributed by atoms with E-state index >= 15 is 0 Å². The minimum absolute atomic E-state index is 0.333. The van der Waals surface area contributed by atoms with Gasteiger partial charge >= 0.3 is 5.97 Å². The standard InChI is InChI=1S/C7H7NO2S2/c8-6-5(7(9)10)3-1-11-2-4(3)12-6/h1-2,8H2,(H,9,10). The number of carboxylic acids is 1. The Kier molecular flexibility index (Phi) is 1.77. The van der Waals surface area contributed by atoms with E-state index in [9.17, 15) is 4.79 Å². The molecule has 0 amide bonds. The fourth-order valence-corrected chi connectivity index (χ4v) is 3.72. The van der Waals surface area contributed by atoms with Crippen LogP contribution in [0.15, 0.2) is 0 Å². The number of thiophene rings is 1. The summed E-state index contributed by atoms with van der Waals surface area (Å²) in [6, 6.07) is 0. The number of fused-ring (bicyclic) bond motifs is 1. The monoisotopic (exact) mass is 201 g/mol. The van der Waals surface area contributed by atoms with Gasteiger partial charge in [-0.2, -0.15) is 11.8 Å². The Labute approximate surface area is 77.6 Å². The van der Waals surface area contributed by atoms with Crippen molar-refractivity contribution in [1.29, 1.82) is 0 Å². The Balaban J connectivity index is 2.59. The van der Waals surface area contributed by atoms with Crippen LogP contribution in [0.5, 0.6) is 0 Å². The second kappa shape index (κ2) is 2.67. The van der Waals surface area contributed by atoms with Crippen molar-refractivity contribution in [3.63, 3.8) is 0 Å². The van der Waals surface area contributed by atoms with Crippen LogP contribution in [0.1, 0.15) is 20.8 Å². The van der Waals surface area contributed by atoms with Crippen LogP contribution < -0.4 is 5.73 Å². The van der Waals surface area contributed by atoms with Gasteiger partial charge in [0, 0.05) is 16.4 Å². The van der Waals surface area contributed by atoms with Crippen LogP contribution in [0.2, 0.25) is 0 Å². The van der Waals surface area contributed by atoms with Gasteiger partial charge in [-0.15, -0.1) is 11.3 Å². The van der Waals surface area contributed by atoms with Gasteiger partial charge in [0.25, 0.3) is 0 Å². The van der Waals surface area contributed by atoms with E-state index in [1.165, 1.54) is 11.3 Å². The van der Waals surface area contributed by atoms with Crippen molar-refractivity contribution in [1.82, 2.24) is 0 Å². The maximum Gasteiger partial charge on any atom is 0.339 e. The van der Waals surface area contributed by atoms with Crippen LogP contribution in [0, 0.1) is 0 Å². The van der Waals surface area contributed by atoms with Crippen molar-refractivity contribution in [3.8, 4) is 0 Å². The third-order valence-electron chi connectivity index (χ3n) is 1.81. The molecule has 0 fully saturated rings. The van der Waals surface area contributed by atoms with E-state index in [-0.39, 0.29) is 0 Å². The normalized spacial score (nSPS) is 14.7. The van der Waals surface area contributed by atoms with Crippen molar-refractivity contribution in [2.45, 2.75) is 11.5 Å². The fourth-order valence-electron chi connectivity index (χ4n) is 1.28. The molecule has 0 aliphatic carbocycles. The summed E-state index contributed by atoms with van der Waals surface area (Å²) in [6.45, 7) is 0. The average molecular weight is 201 g/mol. The van der Waals surface area contributed by atoms with Gasteiger partial charge in [0.2, 0.25) is 0 Å². The van der Waals surface area contributed by atoms with Crippen molar-refractivity contribution in [2.24, 2.45) is 0 Å². The van der Waals surface area contributed by atoms with Gasteiger partial charge in [-0.1, -0.05) is 0 Å². The second-order valence-corrected chi connectivity index (χ2v) is 4.66. The highest BCUT2D eigenvalue weighted by Crippen LogP contribution is 2.41. The quantitative estimate of drug-likeness (QED) is 0.727. The molecular formula is C7H7NO2S2. The molecule has 2 heterocycles. The first-order valence-electron chi connectivity index (χ1n) is 3.41. The fraction of sp³-hybridized carbons (Fsp3) is 0.286. The van der Waals surface area contributed by atoms with Gasteiger partial charge in [-0.25, -0.2) is 4.79 Å². The van der Waals surface area contributed by atoms with Crippen molar-refractivity contribution >= 4 is 34.1 Å². The number of carboxylic acid groups (broad SMARTS) is 1. The molecule has 0 saturated carbocycles. The lowest BCUT2D eigenvalue weighted by Gasteiger charge is -1.94. The molecule has 0 unspecified atom stereocenters. The highest BCUT2D eigenvalue weighted by Gasteiger charge is 2.24. The summed E-state index contributed by atoms with van der Waals surface area (Å²) in [4.78, 5) is 11.9. The van der Waals surface area contributed by atoms with Crippen LogP contribution in [-0.4, -0.2) is 11.1 Å². The Hall–Kier alpha value is -0.680. The van der Waals surface area contributed by atoms with E-state index in [0.29, 0.717) is 10.6 Å². The molecular weight excluding hydrogens is 194 g/mol. The number of thioether (sulfide) groups is 1. The predicted molar refractivity (Wildman–Crippen MR) is 50.7 cm³/mol. The number of nitrogen functional groups attached to an aromatic ring is 1. The van der Waals surface area contributed by atoms with Crippen molar-refractivity contribution in [3.05, 3.63) is 16.0 Å². The molecule has 12 heavy (non-hydrogen) atoms. The molecule has 0 aromatic carbocycles. The predicted octanol–water partition coefficient (Wildman–Crippen LogP) is 1.78. The molecule has 3 nitrogen and oxygen atoms in total. The summed E-state index contributed by atoms with van der Waals surface area (Å²) >= 11 is 3.15. The third-order valence-corrected chi connectivity index (χ3v) is 4.04. The smallest absolute Gasteiger partial charge is 0.339 e. The van der Waals surface area contributed by atoms with Crippen molar-refractivity contribution < 1.29 is 9.90 Å². The molecule has 64 valence electrons. The van der Waals surface area contributed by atoms with Gasteiger partial charge in [0.15, 0.2) is 0 Å². The van der Waals surface area contributed by atoms with Crippen LogP contribution in [-0.2, 0) is 11.5 Å². The SMILES string of the molecule is Nc1sc2c(c1C(=O)O)CSC2. The van der Waals surface area contributed by atoms with Gasteiger partial charge < -0.3 is 10.8 Å². The molecule has 5 heteroatoms. The van der Waals surface area contributed by atoms with Crippen LogP contribution in [0.25, 0.3) is 0 Å². The maximum atomic E-state index is 10.8. The highest BCUT2D eigenvalue weighted by atomic mass is 32.2. The molecule has 1 aliphatic heterocycles. The van der Waals surface area contributed by atoms with Gasteiger partial charge in [-0.3, -0.25) is 0 Å². The molecule has 1 aromatic rings.